The first-order chi connectivity index (χ1) is 8.70. The van der Waals surface area contributed by atoms with E-state index in [1.807, 2.05) is 6.07 Å². The lowest BCUT2D eigenvalue weighted by molar-refractivity contribution is 0.103. The lowest BCUT2D eigenvalue weighted by Crippen LogP contribution is -2.00. The number of carbonyl (C=O) groups excluding carboxylic acids is 2. The molecule has 2 rings (SSSR count). The number of carbonyl (C=O) groups is 1. The molecule has 0 saturated carbocycles. The molecule has 18 heavy (non-hydrogen) atoms. The van der Waals surface area contributed by atoms with Crippen LogP contribution in [0.25, 0.3) is 0 Å². The molecule has 4 nitrogen and oxygen atoms in total. The Bertz CT molecular complexity index is 558. The predicted molar refractivity (Wildman–Crippen MR) is 66.4 cm³/mol. The van der Waals surface area contributed by atoms with Crippen LogP contribution in [0.5, 0.6) is 5.75 Å². The first-order valence-electron chi connectivity index (χ1n) is 5.12. The van der Waals surface area contributed by atoms with Gasteiger partial charge in [0.2, 0.25) is 6.08 Å². The maximum absolute atomic E-state index is 11.9. The highest BCUT2D eigenvalue weighted by molar-refractivity contribution is 6.10. The fourth-order valence-corrected chi connectivity index (χ4v) is 1.41. The third kappa shape index (κ3) is 3.40. The Labute approximate surface area is 104 Å². The summed E-state index contributed by atoms with van der Waals surface area (Å²) in [5.74, 6) is -0.139. The molecule has 90 valence electrons. The number of phenolic OH excluding ortho intramolecular Hbond substituents is 1. The summed E-state index contributed by atoms with van der Waals surface area (Å²) >= 11 is 0. The number of aromatic hydroxyl groups is 1. The number of rotatable bonds is 2. The van der Waals surface area contributed by atoms with Crippen LogP contribution in [0.15, 0.2) is 54.6 Å². The smallest absolute Gasteiger partial charge is 0.231 e. The normalized spacial score (nSPS) is 8.67. The van der Waals surface area contributed by atoms with Crippen molar-refractivity contribution in [3.05, 3.63) is 65.7 Å². The molecular weight excluding hydrogens is 230 g/mol. The van der Waals surface area contributed by atoms with E-state index in [0.29, 0.717) is 11.1 Å². The van der Waals surface area contributed by atoms with E-state index >= 15 is 0 Å². The number of hydrogen-bond acceptors (Lipinski definition) is 4. The summed E-state index contributed by atoms with van der Waals surface area (Å²) < 4.78 is 0. The van der Waals surface area contributed by atoms with E-state index in [1.165, 1.54) is 6.07 Å². The maximum Gasteiger partial charge on any atom is 0.231 e. The van der Waals surface area contributed by atoms with Crippen LogP contribution in [0.1, 0.15) is 15.9 Å². The second kappa shape index (κ2) is 6.78. The number of para-hydroxylation sites is 1. The van der Waals surface area contributed by atoms with Crippen LogP contribution >= 0.6 is 0 Å². The minimum atomic E-state index is -0.159. The topological polar surface area (TPSA) is 78.2 Å². The van der Waals surface area contributed by atoms with E-state index in [2.05, 4.69) is 0 Å². The fourth-order valence-electron chi connectivity index (χ4n) is 1.41. The van der Waals surface area contributed by atoms with E-state index in [0.717, 1.165) is 6.08 Å². The third-order valence-electron chi connectivity index (χ3n) is 2.18. The van der Waals surface area contributed by atoms with Gasteiger partial charge in [0, 0.05) is 5.56 Å². The quantitative estimate of drug-likeness (QED) is 0.481. The molecule has 0 aliphatic heterocycles. The van der Waals surface area contributed by atoms with Gasteiger partial charge in [-0.3, -0.25) is 4.79 Å². The van der Waals surface area contributed by atoms with Gasteiger partial charge in [-0.25, -0.2) is 10.2 Å². The Kier molecular flexibility index (Phi) is 5.03. The SMILES string of the molecule is N=C=O.O=C(c1ccccc1)c1ccccc1O. The van der Waals surface area contributed by atoms with Gasteiger partial charge in [-0.2, -0.15) is 0 Å². The van der Waals surface area contributed by atoms with Crippen LogP contribution in [-0.4, -0.2) is 17.0 Å². The monoisotopic (exact) mass is 241 g/mol. The van der Waals surface area contributed by atoms with Gasteiger partial charge >= 0.3 is 0 Å². The van der Waals surface area contributed by atoms with Crippen molar-refractivity contribution in [2.24, 2.45) is 0 Å². The van der Waals surface area contributed by atoms with E-state index < -0.39 is 0 Å². The van der Waals surface area contributed by atoms with Crippen LogP contribution < -0.4 is 0 Å². The highest BCUT2D eigenvalue weighted by Crippen LogP contribution is 2.19. The van der Waals surface area contributed by atoms with Crippen molar-refractivity contribution < 1.29 is 14.7 Å². The van der Waals surface area contributed by atoms with E-state index in [-0.39, 0.29) is 11.5 Å². The summed E-state index contributed by atoms with van der Waals surface area (Å²) in [6.07, 6.45) is 0.750. The van der Waals surface area contributed by atoms with Crippen LogP contribution in [0.3, 0.4) is 0 Å². The average Bonchev–Trinajstić information content (AvgIpc) is 2.40. The van der Waals surface area contributed by atoms with E-state index in [4.69, 9.17) is 10.2 Å². The number of nitrogens with one attached hydrogen (secondary N) is 1. The van der Waals surface area contributed by atoms with Gasteiger partial charge in [-0.15, -0.1) is 0 Å². The van der Waals surface area contributed by atoms with Crippen molar-refractivity contribution in [3.8, 4) is 5.75 Å². The van der Waals surface area contributed by atoms with Crippen LogP contribution in [0.4, 0.5) is 0 Å². The summed E-state index contributed by atoms with van der Waals surface area (Å²) in [5.41, 5.74) is 0.919. The lowest BCUT2D eigenvalue weighted by atomic mass is 10.0. The van der Waals surface area contributed by atoms with Crippen LogP contribution in [0.2, 0.25) is 0 Å². The number of benzene rings is 2. The molecule has 0 saturated heterocycles. The predicted octanol–water partition coefficient (Wildman–Crippen LogP) is 2.52. The summed E-state index contributed by atoms with van der Waals surface area (Å²) in [6, 6.07) is 15.5. The van der Waals surface area contributed by atoms with Crippen molar-refractivity contribution in [2.75, 3.05) is 0 Å². The third-order valence-corrected chi connectivity index (χ3v) is 2.18. The van der Waals surface area contributed by atoms with Crippen molar-refractivity contribution in [1.29, 1.82) is 5.41 Å². The number of phenols is 1. The first kappa shape index (κ1) is 13.4. The number of isocyanates is 1. The Morgan fingerprint density at radius 1 is 1.00 bits per heavy atom. The summed E-state index contributed by atoms with van der Waals surface area (Å²) in [4.78, 5) is 20.3. The van der Waals surface area contributed by atoms with Gasteiger partial charge < -0.3 is 5.11 Å². The second-order valence-electron chi connectivity index (χ2n) is 3.31. The molecule has 0 heterocycles. The van der Waals surface area contributed by atoms with Gasteiger partial charge in [0.15, 0.2) is 5.78 Å². The molecule has 0 aliphatic rings. The minimum Gasteiger partial charge on any atom is -0.507 e. The molecule has 2 N–H and O–H groups in total. The van der Waals surface area contributed by atoms with Gasteiger partial charge in [0.1, 0.15) is 5.75 Å². The van der Waals surface area contributed by atoms with Crippen LogP contribution in [0, 0.1) is 5.41 Å². The highest BCUT2D eigenvalue weighted by atomic mass is 16.3. The first-order valence-corrected chi connectivity index (χ1v) is 5.12. The lowest BCUT2D eigenvalue weighted by Gasteiger charge is -2.02. The Hall–Kier alpha value is -2.71. The number of ketones is 1. The molecule has 0 spiro atoms. The van der Waals surface area contributed by atoms with Gasteiger partial charge in [-0.1, -0.05) is 42.5 Å². The summed E-state index contributed by atoms with van der Waals surface area (Å²) in [6.45, 7) is 0. The zero-order valence-electron chi connectivity index (χ0n) is 9.46. The van der Waals surface area contributed by atoms with Crippen molar-refractivity contribution in [3.63, 3.8) is 0 Å². The Morgan fingerprint density at radius 2 is 1.50 bits per heavy atom. The molecule has 0 aliphatic carbocycles. The molecular formula is C14H11NO3. The van der Waals surface area contributed by atoms with Gasteiger partial charge in [0.25, 0.3) is 0 Å². The van der Waals surface area contributed by atoms with Crippen molar-refractivity contribution >= 4 is 11.9 Å². The summed E-state index contributed by atoms with van der Waals surface area (Å²) in [7, 11) is 0. The van der Waals surface area contributed by atoms with Crippen molar-refractivity contribution in [2.45, 2.75) is 0 Å². The second-order valence-corrected chi connectivity index (χ2v) is 3.31. The largest absolute Gasteiger partial charge is 0.507 e. The molecule has 0 unspecified atom stereocenters. The van der Waals surface area contributed by atoms with E-state index in [1.54, 1.807) is 42.5 Å². The Morgan fingerprint density at radius 3 is 2.06 bits per heavy atom. The zero-order chi connectivity index (χ0) is 13.4. The molecule has 4 heteroatoms. The molecule has 0 amide bonds. The molecule has 0 atom stereocenters. The Balaban J connectivity index is 0.000000492. The maximum atomic E-state index is 11.9. The molecule has 0 radical (unpaired) electrons. The molecule has 0 bridgehead atoms. The van der Waals surface area contributed by atoms with Gasteiger partial charge in [0.05, 0.1) is 5.56 Å². The van der Waals surface area contributed by atoms with E-state index in [9.17, 15) is 9.90 Å². The van der Waals surface area contributed by atoms with Crippen LogP contribution in [-0.2, 0) is 4.79 Å². The molecule has 0 fully saturated rings. The molecule has 2 aromatic carbocycles. The minimum absolute atomic E-state index is 0.0198. The van der Waals surface area contributed by atoms with Crippen molar-refractivity contribution in [1.82, 2.24) is 0 Å². The molecule has 0 aromatic heterocycles. The molecule has 2 aromatic rings. The summed E-state index contributed by atoms with van der Waals surface area (Å²) in [5, 5.41) is 14.9. The fraction of sp³-hybridized carbons (Fsp3) is 0. The average molecular weight is 241 g/mol. The number of hydrogen-bond donors (Lipinski definition) is 2. The highest BCUT2D eigenvalue weighted by Gasteiger charge is 2.11. The zero-order valence-corrected chi connectivity index (χ0v) is 9.46. The standard InChI is InChI=1S/C13H10O2.CHNO/c14-12-9-5-4-8-11(12)13(15)10-6-2-1-3-7-10;2-1-3/h1-9,14H;2H. The van der Waals surface area contributed by atoms with Gasteiger partial charge in [-0.05, 0) is 12.1 Å².